The molecule has 0 spiro atoms. The lowest BCUT2D eigenvalue weighted by Gasteiger charge is -2.25. The maximum Gasteiger partial charge on any atom is 0.328 e. The van der Waals surface area contributed by atoms with Gasteiger partial charge in [-0.15, -0.1) is 0 Å². The van der Waals surface area contributed by atoms with Gasteiger partial charge in [0.2, 0.25) is 0 Å². The van der Waals surface area contributed by atoms with E-state index in [1.807, 2.05) is 24.3 Å². The predicted molar refractivity (Wildman–Crippen MR) is 70.6 cm³/mol. The van der Waals surface area contributed by atoms with Crippen LogP contribution in [0.1, 0.15) is 17.9 Å². The molecule has 0 aliphatic carbocycles. The average molecular weight is 258 g/mol. The lowest BCUT2D eigenvalue weighted by molar-refractivity contribution is 0.257. The zero-order valence-corrected chi connectivity index (χ0v) is 10.3. The quantitative estimate of drug-likeness (QED) is 0.877. The summed E-state index contributed by atoms with van der Waals surface area (Å²) in [4.78, 5) is 26.0. The minimum Gasteiger partial charge on any atom is -0.493 e. The van der Waals surface area contributed by atoms with Crippen molar-refractivity contribution in [3.63, 3.8) is 0 Å². The molecule has 5 nitrogen and oxygen atoms in total. The van der Waals surface area contributed by atoms with Gasteiger partial charge in [0.05, 0.1) is 6.61 Å². The van der Waals surface area contributed by atoms with Crippen molar-refractivity contribution in [2.24, 2.45) is 0 Å². The van der Waals surface area contributed by atoms with Gasteiger partial charge in [-0.2, -0.15) is 0 Å². The van der Waals surface area contributed by atoms with Crippen LogP contribution in [0, 0.1) is 0 Å². The Labute approximate surface area is 109 Å². The summed E-state index contributed by atoms with van der Waals surface area (Å²) in [5.74, 6) is 0.977. The summed E-state index contributed by atoms with van der Waals surface area (Å²) in [7, 11) is 0. The zero-order chi connectivity index (χ0) is 13.2. The zero-order valence-electron chi connectivity index (χ0n) is 10.3. The molecule has 0 saturated carbocycles. The maximum absolute atomic E-state index is 11.7. The second kappa shape index (κ2) is 4.76. The van der Waals surface area contributed by atoms with Crippen LogP contribution in [0.25, 0.3) is 0 Å². The highest BCUT2D eigenvalue weighted by Gasteiger charge is 2.22. The molecule has 0 bridgehead atoms. The number of aromatic nitrogens is 2. The Morgan fingerprint density at radius 2 is 2.11 bits per heavy atom. The van der Waals surface area contributed by atoms with Gasteiger partial charge in [-0.05, 0) is 18.1 Å². The number of benzene rings is 1. The van der Waals surface area contributed by atoms with Gasteiger partial charge < -0.3 is 9.72 Å². The monoisotopic (exact) mass is 258 g/mol. The Hall–Kier alpha value is -2.30. The van der Waals surface area contributed by atoms with Crippen molar-refractivity contribution >= 4 is 0 Å². The van der Waals surface area contributed by atoms with Gasteiger partial charge >= 0.3 is 5.69 Å². The Morgan fingerprint density at radius 1 is 1.26 bits per heavy atom. The standard InChI is InChI=1S/C14H14N2O3/c17-13-5-7-15-14(18)16(13)9-10-6-8-19-12-4-2-1-3-11(10)12/h1-5,7,10H,6,8-9H2,(H,15,18). The lowest BCUT2D eigenvalue weighted by Crippen LogP contribution is -2.36. The van der Waals surface area contributed by atoms with Crippen LogP contribution in [0.15, 0.2) is 46.1 Å². The minimum absolute atomic E-state index is 0.131. The van der Waals surface area contributed by atoms with E-state index in [2.05, 4.69) is 4.98 Å². The summed E-state index contributed by atoms with van der Waals surface area (Å²) in [6, 6.07) is 9.13. The first kappa shape index (κ1) is 11.8. The van der Waals surface area contributed by atoms with Gasteiger partial charge in [0.15, 0.2) is 0 Å². The second-order valence-corrected chi connectivity index (χ2v) is 4.60. The van der Waals surface area contributed by atoms with E-state index in [4.69, 9.17) is 4.74 Å². The summed E-state index contributed by atoms with van der Waals surface area (Å²) in [6.07, 6.45) is 2.18. The van der Waals surface area contributed by atoms with E-state index >= 15 is 0 Å². The number of hydrogen-bond acceptors (Lipinski definition) is 3. The summed E-state index contributed by atoms with van der Waals surface area (Å²) in [5.41, 5.74) is 0.424. The maximum atomic E-state index is 11.7. The molecule has 0 amide bonds. The average Bonchev–Trinajstić information content (AvgIpc) is 2.43. The summed E-state index contributed by atoms with van der Waals surface area (Å²) >= 11 is 0. The molecule has 0 fully saturated rings. The molecule has 5 heteroatoms. The smallest absolute Gasteiger partial charge is 0.328 e. The lowest BCUT2D eigenvalue weighted by atomic mass is 9.93. The summed E-state index contributed by atoms with van der Waals surface area (Å²) < 4.78 is 6.82. The number of aromatic amines is 1. The molecule has 0 saturated heterocycles. The van der Waals surface area contributed by atoms with E-state index in [0.29, 0.717) is 13.2 Å². The van der Waals surface area contributed by atoms with Gasteiger partial charge in [-0.1, -0.05) is 18.2 Å². The van der Waals surface area contributed by atoms with Crippen molar-refractivity contribution < 1.29 is 4.74 Å². The van der Waals surface area contributed by atoms with Crippen molar-refractivity contribution in [3.8, 4) is 5.75 Å². The van der Waals surface area contributed by atoms with E-state index in [1.165, 1.54) is 16.8 Å². The fourth-order valence-corrected chi connectivity index (χ4v) is 2.45. The number of nitrogens with one attached hydrogen (secondary N) is 1. The van der Waals surface area contributed by atoms with E-state index in [0.717, 1.165) is 17.7 Å². The highest BCUT2D eigenvalue weighted by atomic mass is 16.5. The number of rotatable bonds is 2. The van der Waals surface area contributed by atoms with Crippen LogP contribution in [0.2, 0.25) is 0 Å². The molecule has 1 aliphatic heterocycles. The second-order valence-electron chi connectivity index (χ2n) is 4.60. The third-order valence-electron chi connectivity index (χ3n) is 3.43. The van der Waals surface area contributed by atoms with Crippen LogP contribution in [0.4, 0.5) is 0 Å². The molecule has 1 atom stereocenters. The van der Waals surface area contributed by atoms with Crippen LogP contribution in [0.5, 0.6) is 5.75 Å². The van der Waals surface area contributed by atoms with Gasteiger partial charge in [0.1, 0.15) is 5.75 Å². The first-order valence-corrected chi connectivity index (χ1v) is 6.26. The molecule has 1 aliphatic rings. The van der Waals surface area contributed by atoms with Crippen LogP contribution in [-0.4, -0.2) is 16.2 Å². The van der Waals surface area contributed by atoms with Crippen LogP contribution >= 0.6 is 0 Å². The van der Waals surface area contributed by atoms with Crippen molar-refractivity contribution in [2.75, 3.05) is 6.61 Å². The number of ether oxygens (including phenoxy) is 1. The summed E-state index contributed by atoms with van der Waals surface area (Å²) in [6.45, 7) is 0.997. The van der Waals surface area contributed by atoms with Gasteiger partial charge in [0, 0.05) is 24.7 Å². The third-order valence-corrected chi connectivity index (χ3v) is 3.43. The number of nitrogens with zero attached hydrogens (tertiary/aromatic N) is 1. The van der Waals surface area contributed by atoms with E-state index in [9.17, 15) is 9.59 Å². The Balaban J connectivity index is 1.98. The molecule has 1 N–H and O–H groups in total. The molecule has 19 heavy (non-hydrogen) atoms. The minimum atomic E-state index is -0.364. The number of para-hydroxylation sites is 1. The molecular weight excluding hydrogens is 244 g/mol. The fourth-order valence-electron chi connectivity index (χ4n) is 2.45. The Kier molecular flexibility index (Phi) is 2.95. The van der Waals surface area contributed by atoms with E-state index in [1.54, 1.807) is 0 Å². The molecule has 1 aromatic carbocycles. The highest BCUT2D eigenvalue weighted by molar-refractivity contribution is 5.37. The summed E-state index contributed by atoms with van der Waals surface area (Å²) in [5, 5.41) is 0. The molecule has 2 heterocycles. The number of H-pyrrole nitrogens is 1. The first-order chi connectivity index (χ1) is 9.25. The van der Waals surface area contributed by atoms with Crippen molar-refractivity contribution in [3.05, 3.63) is 62.9 Å². The normalized spacial score (nSPS) is 17.6. The molecule has 3 rings (SSSR count). The van der Waals surface area contributed by atoms with Gasteiger partial charge in [-0.3, -0.25) is 9.36 Å². The van der Waals surface area contributed by atoms with Crippen LogP contribution < -0.4 is 16.0 Å². The molecule has 2 aromatic rings. The van der Waals surface area contributed by atoms with Gasteiger partial charge in [-0.25, -0.2) is 4.79 Å². The van der Waals surface area contributed by atoms with Crippen LogP contribution in [-0.2, 0) is 6.54 Å². The number of fused-ring (bicyclic) bond motifs is 1. The van der Waals surface area contributed by atoms with E-state index < -0.39 is 0 Å². The Morgan fingerprint density at radius 3 is 2.95 bits per heavy atom. The van der Waals surface area contributed by atoms with Crippen LogP contribution in [0.3, 0.4) is 0 Å². The van der Waals surface area contributed by atoms with Gasteiger partial charge in [0.25, 0.3) is 5.56 Å². The molecule has 0 radical (unpaired) electrons. The molecule has 1 unspecified atom stereocenters. The molecule has 98 valence electrons. The van der Waals surface area contributed by atoms with Crippen molar-refractivity contribution in [1.82, 2.24) is 9.55 Å². The van der Waals surface area contributed by atoms with E-state index in [-0.39, 0.29) is 17.2 Å². The number of hydrogen-bond donors (Lipinski definition) is 1. The SMILES string of the molecule is O=c1cc[nH]c(=O)n1CC1CCOc2ccccc21. The topological polar surface area (TPSA) is 64.1 Å². The third kappa shape index (κ3) is 2.19. The highest BCUT2D eigenvalue weighted by Crippen LogP contribution is 2.33. The molecular formula is C14H14N2O3. The molecule has 1 aromatic heterocycles. The van der Waals surface area contributed by atoms with Crippen molar-refractivity contribution in [1.29, 1.82) is 0 Å². The van der Waals surface area contributed by atoms with Crippen molar-refractivity contribution in [2.45, 2.75) is 18.9 Å². The largest absolute Gasteiger partial charge is 0.493 e. The fraction of sp³-hybridized carbons (Fsp3) is 0.286. The predicted octanol–water partition coefficient (Wildman–Crippen LogP) is 1.10. The first-order valence-electron chi connectivity index (χ1n) is 6.26. The Bertz CT molecular complexity index is 674.